The van der Waals surface area contributed by atoms with Crippen molar-refractivity contribution in [3.8, 4) is 5.75 Å². The smallest absolute Gasteiger partial charge is 0.271 e. The summed E-state index contributed by atoms with van der Waals surface area (Å²) >= 11 is 2.66. The summed E-state index contributed by atoms with van der Waals surface area (Å²) in [5.74, 6) is 0.342. The number of carbonyl (C=O) groups is 1. The topological polar surface area (TPSA) is 107 Å². The van der Waals surface area contributed by atoms with Gasteiger partial charge in [0.05, 0.1) is 27.8 Å². The minimum atomic E-state index is -0.830. The number of thiazole rings is 1. The lowest BCUT2D eigenvalue weighted by Crippen LogP contribution is -2.43. The second kappa shape index (κ2) is 13.6. The zero-order valence-corrected chi connectivity index (χ0v) is 28.9. The van der Waals surface area contributed by atoms with Gasteiger partial charge in [0.2, 0.25) is 0 Å². The van der Waals surface area contributed by atoms with Gasteiger partial charge in [-0.05, 0) is 74.4 Å². The Hall–Kier alpha value is -5.00. The van der Waals surface area contributed by atoms with Gasteiger partial charge in [-0.15, -0.1) is 0 Å². The van der Waals surface area contributed by atoms with Crippen molar-refractivity contribution in [2.45, 2.75) is 43.5 Å². The summed E-state index contributed by atoms with van der Waals surface area (Å²) in [6.45, 7) is 8.63. The number of ether oxygens (including phenoxy) is 1. The van der Waals surface area contributed by atoms with Crippen LogP contribution in [0.1, 0.15) is 43.5 Å². The number of aromatic nitrogens is 1. The van der Waals surface area contributed by atoms with Crippen molar-refractivity contribution < 1.29 is 14.5 Å². The van der Waals surface area contributed by atoms with Gasteiger partial charge in [-0.25, -0.2) is 4.99 Å². The van der Waals surface area contributed by atoms with E-state index in [0.29, 0.717) is 50.6 Å². The Morgan fingerprint density at radius 2 is 1.79 bits per heavy atom. The Bertz CT molecular complexity index is 2290. The average Bonchev–Trinajstić information content (AvgIpc) is 3.39. The molecule has 1 aromatic heterocycles. The molecule has 0 bridgehead atoms. The lowest BCUT2D eigenvalue weighted by molar-refractivity contribution is -0.384. The predicted molar refractivity (Wildman–Crippen MR) is 191 cm³/mol. The molecule has 2 heterocycles. The van der Waals surface area contributed by atoms with Crippen LogP contribution < -0.4 is 19.6 Å². The second-order valence-corrected chi connectivity index (χ2v) is 13.5. The number of carbonyl (C=O) groups excluding carboxylic acids is 1. The third-order valence-corrected chi connectivity index (χ3v) is 10.5. The molecule has 0 saturated heterocycles. The van der Waals surface area contributed by atoms with Crippen LogP contribution in [-0.2, 0) is 4.79 Å². The number of aryl methyl sites for hydroxylation is 1. The maximum atomic E-state index is 14.6. The van der Waals surface area contributed by atoms with Crippen LogP contribution in [0, 0.1) is 17.0 Å². The normalized spacial score (nSPS) is 14.5. The molecule has 6 rings (SSSR count). The number of amides is 1. The number of fused-ring (bicyclic) bond motifs is 2. The van der Waals surface area contributed by atoms with Crippen LogP contribution in [0.4, 0.5) is 5.69 Å². The molecule has 0 saturated carbocycles. The predicted octanol–water partition coefficient (Wildman–Crippen LogP) is 6.63. The van der Waals surface area contributed by atoms with Gasteiger partial charge in [0.25, 0.3) is 17.2 Å². The van der Waals surface area contributed by atoms with Gasteiger partial charge in [-0.1, -0.05) is 71.1 Å². The van der Waals surface area contributed by atoms with E-state index in [1.54, 1.807) is 35.6 Å². The fourth-order valence-electron chi connectivity index (χ4n) is 6.01. The van der Waals surface area contributed by atoms with E-state index in [4.69, 9.17) is 9.73 Å². The molecule has 0 fully saturated rings. The van der Waals surface area contributed by atoms with Crippen molar-refractivity contribution in [1.29, 1.82) is 0 Å². The van der Waals surface area contributed by atoms with Crippen LogP contribution in [0.2, 0.25) is 0 Å². The molecular weight excluding hydrogens is 645 g/mol. The van der Waals surface area contributed by atoms with Crippen LogP contribution in [0.15, 0.2) is 110 Å². The number of rotatable bonds is 9. The Kier molecular flexibility index (Phi) is 9.34. The number of likely N-dealkylation sites (N-methyl/N-ethyl adjacent to an activating group) is 1. The zero-order chi connectivity index (χ0) is 34.1. The minimum Gasteiger partial charge on any atom is -0.496 e. The molecular formula is C37H34N4O5S2. The van der Waals surface area contributed by atoms with Crippen LogP contribution in [-0.4, -0.2) is 40.5 Å². The Morgan fingerprint density at radius 1 is 1.06 bits per heavy atom. The maximum absolute atomic E-state index is 14.6. The summed E-state index contributed by atoms with van der Waals surface area (Å²) in [6, 6.07) is 23.5. The number of nitro groups is 1. The Morgan fingerprint density at radius 3 is 2.48 bits per heavy atom. The van der Waals surface area contributed by atoms with E-state index >= 15 is 0 Å². The fraction of sp³-hybridized carbons (Fsp3) is 0.216. The molecule has 0 radical (unpaired) electrons. The summed E-state index contributed by atoms with van der Waals surface area (Å²) in [7, 11) is 1.58. The lowest BCUT2D eigenvalue weighted by atomic mass is 9.90. The van der Waals surface area contributed by atoms with Crippen molar-refractivity contribution in [2.75, 3.05) is 20.2 Å². The van der Waals surface area contributed by atoms with Gasteiger partial charge in [0.1, 0.15) is 11.8 Å². The highest BCUT2D eigenvalue weighted by Gasteiger charge is 2.36. The summed E-state index contributed by atoms with van der Waals surface area (Å²) in [5.41, 5.74) is 2.84. The number of hydrogen-bond donors (Lipinski definition) is 0. The third kappa shape index (κ3) is 6.07. The quantitative estimate of drug-likeness (QED) is 0.128. The van der Waals surface area contributed by atoms with Crippen LogP contribution in [0.25, 0.3) is 16.8 Å². The van der Waals surface area contributed by atoms with Gasteiger partial charge < -0.3 is 9.64 Å². The first-order chi connectivity index (χ1) is 23.1. The van der Waals surface area contributed by atoms with E-state index in [-0.39, 0.29) is 17.2 Å². The van der Waals surface area contributed by atoms with Crippen LogP contribution >= 0.6 is 23.1 Å². The number of nitro benzene ring substituents is 1. The average molecular weight is 679 g/mol. The monoisotopic (exact) mass is 678 g/mol. The van der Waals surface area contributed by atoms with Gasteiger partial charge in [-0.3, -0.25) is 24.3 Å². The standard InChI is InChI=1S/C37H34N4O5S2/c1-6-39(7-2)36(43)32-23(4)38-37-40(34(32)33-28-11-9-8-10-24(28)14-18-29(33)46-5)35(42)31(48-37)21-25-20-26(41(44)45)15-19-30(25)47-27-16-12-22(3)13-17-27/h8-21,34H,6-7H2,1-5H3/b31-21-/t34-/m1/s1. The van der Waals surface area contributed by atoms with E-state index in [2.05, 4.69) is 0 Å². The highest BCUT2D eigenvalue weighted by atomic mass is 32.2. The third-order valence-electron chi connectivity index (χ3n) is 8.47. The molecule has 4 aromatic carbocycles. The van der Waals surface area contributed by atoms with Gasteiger partial charge in [0, 0.05) is 40.6 Å². The van der Waals surface area contributed by atoms with E-state index in [1.165, 1.54) is 35.2 Å². The molecule has 0 aliphatic carbocycles. The number of hydrogen-bond acceptors (Lipinski definition) is 8. The second-order valence-electron chi connectivity index (χ2n) is 11.4. The van der Waals surface area contributed by atoms with Gasteiger partial charge in [-0.2, -0.15) is 0 Å². The highest BCUT2D eigenvalue weighted by Crippen LogP contribution is 2.41. The van der Waals surface area contributed by atoms with E-state index in [9.17, 15) is 19.7 Å². The molecule has 1 amide bonds. The number of allylic oxidation sites excluding steroid dienone is 1. The molecule has 0 spiro atoms. The van der Waals surface area contributed by atoms with E-state index < -0.39 is 11.0 Å². The van der Waals surface area contributed by atoms with Crippen molar-refractivity contribution in [3.63, 3.8) is 0 Å². The lowest BCUT2D eigenvalue weighted by Gasteiger charge is -2.30. The maximum Gasteiger partial charge on any atom is 0.271 e. The molecule has 1 atom stereocenters. The summed E-state index contributed by atoms with van der Waals surface area (Å²) in [6.07, 6.45) is 1.69. The van der Waals surface area contributed by atoms with E-state index in [0.717, 1.165) is 26.1 Å². The molecule has 244 valence electrons. The van der Waals surface area contributed by atoms with Crippen molar-refractivity contribution in [3.05, 3.63) is 137 Å². The van der Waals surface area contributed by atoms with Gasteiger partial charge in [0.15, 0.2) is 4.80 Å². The zero-order valence-electron chi connectivity index (χ0n) is 27.2. The summed E-state index contributed by atoms with van der Waals surface area (Å²) in [4.78, 5) is 48.9. The molecule has 1 aliphatic heterocycles. The molecule has 5 aromatic rings. The molecule has 11 heteroatoms. The number of methoxy groups -OCH3 is 1. The van der Waals surface area contributed by atoms with Gasteiger partial charge >= 0.3 is 0 Å². The minimum absolute atomic E-state index is 0.0800. The van der Waals surface area contributed by atoms with Crippen molar-refractivity contribution in [2.24, 2.45) is 4.99 Å². The first-order valence-corrected chi connectivity index (χ1v) is 17.2. The summed E-state index contributed by atoms with van der Waals surface area (Å²) < 4.78 is 7.81. The van der Waals surface area contributed by atoms with Crippen molar-refractivity contribution >= 4 is 51.5 Å². The summed E-state index contributed by atoms with van der Waals surface area (Å²) in [5, 5.41) is 13.6. The molecule has 9 nitrogen and oxygen atoms in total. The Balaban J connectivity index is 1.62. The molecule has 0 unspecified atom stereocenters. The van der Waals surface area contributed by atoms with E-state index in [1.807, 2.05) is 81.4 Å². The molecule has 1 aliphatic rings. The fourth-order valence-corrected chi connectivity index (χ4v) is 7.95. The number of nitrogens with zero attached hydrogens (tertiary/aromatic N) is 4. The number of non-ortho nitro benzene ring substituents is 1. The SMILES string of the molecule is CCN(CC)C(=O)C1=C(C)N=c2s/c(=C\c3cc([N+](=O)[O-])ccc3Sc3ccc(C)cc3)c(=O)n2[C@H]1c1c(OC)ccc2ccccc12. The first kappa shape index (κ1) is 32.9. The largest absolute Gasteiger partial charge is 0.496 e. The first-order valence-electron chi connectivity index (χ1n) is 15.6. The van der Waals surface area contributed by atoms with Crippen LogP contribution in [0.3, 0.4) is 0 Å². The van der Waals surface area contributed by atoms with Crippen LogP contribution in [0.5, 0.6) is 5.75 Å². The highest BCUT2D eigenvalue weighted by molar-refractivity contribution is 7.99. The molecule has 48 heavy (non-hydrogen) atoms. The molecule has 0 N–H and O–H groups in total. The Labute approximate surface area is 285 Å². The number of benzene rings is 4. The van der Waals surface area contributed by atoms with Crippen molar-refractivity contribution in [1.82, 2.24) is 9.47 Å².